The summed E-state index contributed by atoms with van der Waals surface area (Å²) in [4.78, 5) is 19.9. The standard InChI is InChI=1S/C24H29ClN4O4/c1-16(17-8-10-18(25)11-9-17)28-24-19-13-22(21(32-2)14-20(19)26-15-27-24)33-12-6-4-3-5-7-23(30)29-31/h8-11,13-16,31H,3-7,12H2,1-2H3,(H,29,30)(H,26,27,28)/t16-/m1/s1. The van der Waals surface area contributed by atoms with Crippen molar-refractivity contribution in [3.05, 3.63) is 53.3 Å². The quantitative estimate of drug-likeness (QED) is 0.186. The number of amides is 1. The molecule has 1 heterocycles. The van der Waals surface area contributed by atoms with Gasteiger partial charge in [-0.2, -0.15) is 0 Å². The average molecular weight is 473 g/mol. The molecule has 0 saturated heterocycles. The first kappa shape index (κ1) is 24.5. The highest BCUT2D eigenvalue weighted by molar-refractivity contribution is 6.30. The number of ether oxygens (including phenoxy) is 2. The van der Waals surface area contributed by atoms with E-state index in [1.54, 1.807) is 12.6 Å². The van der Waals surface area contributed by atoms with Crippen LogP contribution in [0, 0.1) is 0 Å². The SMILES string of the molecule is COc1cc2ncnc(N[C@H](C)c3ccc(Cl)cc3)c2cc1OCCCCCCC(=O)NO. The molecular weight excluding hydrogens is 444 g/mol. The summed E-state index contributed by atoms with van der Waals surface area (Å²) in [6.07, 6.45) is 5.21. The van der Waals surface area contributed by atoms with Gasteiger partial charge < -0.3 is 14.8 Å². The Morgan fingerprint density at radius 1 is 1.09 bits per heavy atom. The number of anilines is 1. The van der Waals surface area contributed by atoms with Crippen molar-refractivity contribution < 1.29 is 19.5 Å². The Kier molecular flexibility index (Phi) is 9.09. The fourth-order valence-corrected chi connectivity index (χ4v) is 3.60. The maximum absolute atomic E-state index is 11.0. The number of fused-ring (bicyclic) bond motifs is 1. The Morgan fingerprint density at radius 3 is 2.58 bits per heavy atom. The molecule has 1 amide bonds. The molecule has 1 aromatic heterocycles. The number of carbonyl (C=O) groups excluding carboxylic acids is 1. The zero-order valence-electron chi connectivity index (χ0n) is 18.8. The fourth-order valence-electron chi connectivity index (χ4n) is 3.47. The number of hydrogen-bond donors (Lipinski definition) is 3. The molecule has 3 aromatic rings. The molecule has 3 rings (SSSR count). The molecule has 1 atom stereocenters. The van der Waals surface area contributed by atoms with E-state index < -0.39 is 0 Å². The van der Waals surface area contributed by atoms with E-state index in [0.29, 0.717) is 35.4 Å². The lowest BCUT2D eigenvalue weighted by Gasteiger charge is -2.17. The molecule has 0 aliphatic rings. The Labute approximate surface area is 198 Å². The molecule has 0 unspecified atom stereocenters. The molecular formula is C24H29ClN4O4. The predicted octanol–water partition coefficient (Wildman–Crippen LogP) is 5.30. The van der Waals surface area contributed by atoms with Crippen molar-refractivity contribution in [1.82, 2.24) is 15.4 Å². The molecule has 0 radical (unpaired) electrons. The normalized spacial score (nSPS) is 11.8. The molecule has 33 heavy (non-hydrogen) atoms. The van der Waals surface area contributed by atoms with Crippen molar-refractivity contribution in [3.63, 3.8) is 0 Å². The first-order valence-electron chi connectivity index (χ1n) is 10.9. The van der Waals surface area contributed by atoms with E-state index in [1.807, 2.05) is 36.4 Å². The lowest BCUT2D eigenvalue weighted by molar-refractivity contribution is -0.129. The van der Waals surface area contributed by atoms with E-state index in [9.17, 15) is 4.79 Å². The molecule has 8 nitrogen and oxygen atoms in total. The van der Waals surface area contributed by atoms with Crippen LogP contribution in [0.2, 0.25) is 5.02 Å². The summed E-state index contributed by atoms with van der Waals surface area (Å²) in [7, 11) is 1.60. The maximum Gasteiger partial charge on any atom is 0.243 e. The van der Waals surface area contributed by atoms with E-state index >= 15 is 0 Å². The highest BCUT2D eigenvalue weighted by Gasteiger charge is 2.14. The minimum Gasteiger partial charge on any atom is -0.493 e. The molecule has 0 bridgehead atoms. The van der Waals surface area contributed by atoms with E-state index in [2.05, 4.69) is 22.2 Å². The Morgan fingerprint density at radius 2 is 1.85 bits per heavy atom. The van der Waals surface area contributed by atoms with Crippen LogP contribution < -0.4 is 20.3 Å². The number of unbranched alkanes of at least 4 members (excludes halogenated alkanes) is 3. The first-order valence-corrected chi connectivity index (χ1v) is 11.3. The summed E-state index contributed by atoms with van der Waals surface area (Å²) >= 11 is 6.00. The summed E-state index contributed by atoms with van der Waals surface area (Å²) in [5.41, 5.74) is 3.49. The number of nitrogens with one attached hydrogen (secondary N) is 2. The highest BCUT2D eigenvalue weighted by Crippen LogP contribution is 2.35. The van der Waals surface area contributed by atoms with Crippen LogP contribution in [-0.4, -0.2) is 34.8 Å². The second kappa shape index (κ2) is 12.2. The molecule has 176 valence electrons. The van der Waals surface area contributed by atoms with Crippen LogP contribution in [0.5, 0.6) is 11.5 Å². The summed E-state index contributed by atoms with van der Waals surface area (Å²) < 4.78 is 11.5. The van der Waals surface area contributed by atoms with Gasteiger partial charge in [-0.25, -0.2) is 15.4 Å². The number of aromatic nitrogens is 2. The van der Waals surface area contributed by atoms with E-state index in [1.165, 1.54) is 6.33 Å². The van der Waals surface area contributed by atoms with Gasteiger partial charge in [-0.05, 0) is 43.5 Å². The van der Waals surface area contributed by atoms with Crippen molar-refractivity contribution in [2.24, 2.45) is 0 Å². The van der Waals surface area contributed by atoms with Gasteiger partial charge in [-0.1, -0.05) is 36.6 Å². The average Bonchev–Trinajstić information content (AvgIpc) is 2.83. The molecule has 0 saturated carbocycles. The van der Waals surface area contributed by atoms with Crippen LogP contribution in [0.25, 0.3) is 10.9 Å². The van der Waals surface area contributed by atoms with Crippen LogP contribution in [0.4, 0.5) is 5.82 Å². The van der Waals surface area contributed by atoms with E-state index in [-0.39, 0.29) is 11.9 Å². The lowest BCUT2D eigenvalue weighted by atomic mass is 10.1. The van der Waals surface area contributed by atoms with Crippen LogP contribution in [0.3, 0.4) is 0 Å². The second-order valence-corrected chi connectivity index (χ2v) is 8.14. The number of benzene rings is 2. The number of carbonyl (C=O) groups is 1. The third kappa shape index (κ3) is 6.94. The second-order valence-electron chi connectivity index (χ2n) is 7.71. The Hall–Kier alpha value is -3.10. The smallest absolute Gasteiger partial charge is 0.243 e. The number of nitrogens with zero attached hydrogens (tertiary/aromatic N) is 2. The van der Waals surface area contributed by atoms with Gasteiger partial charge in [0.05, 0.1) is 19.2 Å². The van der Waals surface area contributed by atoms with Crippen molar-refractivity contribution in [1.29, 1.82) is 0 Å². The molecule has 0 spiro atoms. The van der Waals surface area contributed by atoms with Gasteiger partial charge in [-0.3, -0.25) is 10.0 Å². The van der Waals surface area contributed by atoms with Crippen LogP contribution in [0.15, 0.2) is 42.7 Å². The molecule has 3 N–H and O–H groups in total. The topological polar surface area (TPSA) is 106 Å². The number of hydroxylamine groups is 1. The maximum atomic E-state index is 11.0. The number of methoxy groups -OCH3 is 1. The number of halogens is 1. The predicted molar refractivity (Wildman–Crippen MR) is 128 cm³/mol. The first-order chi connectivity index (χ1) is 16.0. The van der Waals surface area contributed by atoms with E-state index in [0.717, 1.165) is 42.1 Å². The van der Waals surface area contributed by atoms with Crippen LogP contribution in [0.1, 0.15) is 50.6 Å². The van der Waals surface area contributed by atoms with Crippen molar-refractivity contribution >= 4 is 34.2 Å². The van der Waals surface area contributed by atoms with Gasteiger partial charge >= 0.3 is 0 Å². The summed E-state index contributed by atoms with van der Waals surface area (Å²) in [6, 6.07) is 11.5. The zero-order valence-corrected chi connectivity index (χ0v) is 19.6. The van der Waals surface area contributed by atoms with Gasteiger partial charge in [-0.15, -0.1) is 0 Å². The molecule has 2 aromatic carbocycles. The van der Waals surface area contributed by atoms with Crippen molar-refractivity contribution in [2.75, 3.05) is 19.0 Å². The van der Waals surface area contributed by atoms with Gasteiger partial charge in [0.1, 0.15) is 12.1 Å². The Balaban J connectivity index is 1.67. The van der Waals surface area contributed by atoms with Gasteiger partial charge in [0.25, 0.3) is 0 Å². The minimum atomic E-state index is -0.357. The number of rotatable bonds is 12. The summed E-state index contributed by atoms with van der Waals surface area (Å²) in [5, 5.41) is 13.5. The third-order valence-corrected chi connectivity index (χ3v) is 5.58. The molecule has 0 aliphatic heterocycles. The van der Waals surface area contributed by atoms with Crippen LogP contribution >= 0.6 is 11.6 Å². The van der Waals surface area contributed by atoms with Crippen molar-refractivity contribution in [2.45, 2.75) is 45.1 Å². The lowest BCUT2D eigenvalue weighted by Crippen LogP contribution is -2.17. The van der Waals surface area contributed by atoms with Gasteiger partial charge in [0, 0.05) is 28.9 Å². The highest BCUT2D eigenvalue weighted by atomic mass is 35.5. The van der Waals surface area contributed by atoms with Gasteiger partial charge in [0.2, 0.25) is 5.91 Å². The van der Waals surface area contributed by atoms with Crippen molar-refractivity contribution in [3.8, 4) is 11.5 Å². The minimum absolute atomic E-state index is 0.0137. The Bertz CT molecular complexity index is 1060. The third-order valence-electron chi connectivity index (χ3n) is 5.32. The van der Waals surface area contributed by atoms with Gasteiger partial charge in [0.15, 0.2) is 11.5 Å². The monoisotopic (exact) mass is 472 g/mol. The molecule has 0 aliphatic carbocycles. The molecule has 9 heteroatoms. The summed E-state index contributed by atoms with van der Waals surface area (Å²) in [5.74, 6) is 1.58. The molecule has 0 fully saturated rings. The van der Waals surface area contributed by atoms with Crippen LogP contribution in [-0.2, 0) is 4.79 Å². The number of hydrogen-bond acceptors (Lipinski definition) is 7. The fraction of sp³-hybridized carbons (Fsp3) is 0.375. The summed E-state index contributed by atoms with van der Waals surface area (Å²) in [6.45, 7) is 2.58. The largest absolute Gasteiger partial charge is 0.493 e. The van der Waals surface area contributed by atoms with E-state index in [4.69, 9.17) is 26.3 Å². The zero-order chi connectivity index (χ0) is 23.6.